The number of Topliss-reactive ketones (excluding diaryl/α,β-unsaturated/α-hetero) is 1. The number of benzene rings is 2. The van der Waals surface area contributed by atoms with Gasteiger partial charge in [-0.3, -0.25) is 4.79 Å². The Balaban J connectivity index is 1.69. The molecule has 0 bridgehead atoms. The Kier molecular flexibility index (Phi) is 5.02. The highest BCUT2D eigenvalue weighted by Crippen LogP contribution is 2.24. The number of urea groups is 1. The first-order chi connectivity index (χ1) is 12.4. The lowest BCUT2D eigenvalue weighted by molar-refractivity contribution is 0.0319. The topological polar surface area (TPSA) is 98.5 Å². The van der Waals surface area contributed by atoms with Crippen molar-refractivity contribution in [1.29, 1.82) is 0 Å². The maximum Gasteiger partial charge on any atom is 0.338 e. The van der Waals surface area contributed by atoms with Crippen molar-refractivity contribution in [2.24, 2.45) is 5.73 Å². The lowest BCUT2D eigenvalue weighted by Crippen LogP contribution is -2.25. The summed E-state index contributed by atoms with van der Waals surface area (Å²) in [5.41, 5.74) is 8.70. The Labute approximate surface area is 151 Å². The third kappa shape index (κ3) is 3.91. The van der Waals surface area contributed by atoms with Gasteiger partial charge < -0.3 is 15.8 Å². The van der Waals surface area contributed by atoms with Crippen LogP contribution >= 0.6 is 0 Å². The third-order valence-corrected chi connectivity index (χ3v) is 4.40. The van der Waals surface area contributed by atoms with Gasteiger partial charge in [0.2, 0.25) is 5.78 Å². The first-order valence-corrected chi connectivity index (χ1v) is 8.47. The molecule has 6 heteroatoms. The van der Waals surface area contributed by atoms with Crippen LogP contribution in [-0.4, -0.2) is 23.9 Å². The number of fused-ring (bicyclic) bond motifs is 1. The van der Waals surface area contributed by atoms with Crippen LogP contribution in [0.4, 0.5) is 10.5 Å². The fourth-order valence-corrected chi connectivity index (χ4v) is 3.11. The summed E-state index contributed by atoms with van der Waals surface area (Å²) in [7, 11) is 0. The standard InChI is InChI=1S/C20H20N2O4/c1-12(18(23)15-9-8-13-4-2-5-14(13)10-15)26-19(24)16-6-3-7-17(11-16)22-20(21)25/h3,6-12H,2,4-5H2,1H3,(H3,21,22,25)/t12-/m0/s1. The number of ether oxygens (including phenoxy) is 1. The van der Waals surface area contributed by atoms with Crippen molar-refractivity contribution in [3.05, 3.63) is 64.7 Å². The average Bonchev–Trinajstić information content (AvgIpc) is 3.08. The summed E-state index contributed by atoms with van der Waals surface area (Å²) in [4.78, 5) is 35.8. The summed E-state index contributed by atoms with van der Waals surface area (Å²) in [6, 6.07) is 11.1. The summed E-state index contributed by atoms with van der Waals surface area (Å²) in [6.45, 7) is 1.55. The number of carbonyl (C=O) groups excluding carboxylic acids is 3. The first kappa shape index (κ1) is 17.7. The van der Waals surface area contributed by atoms with Crippen molar-refractivity contribution in [3.8, 4) is 0 Å². The van der Waals surface area contributed by atoms with Crippen LogP contribution in [0.15, 0.2) is 42.5 Å². The quantitative estimate of drug-likeness (QED) is 0.638. The number of rotatable bonds is 5. The molecule has 6 nitrogen and oxygen atoms in total. The predicted octanol–water partition coefficient (Wildman–Crippen LogP) is 3.09. The number of aryl methyl sites for hydroxylation is 2. The molecule has 0 spiro atoms. The molecule has 1 aliphatic rings. The average molecular weight is 352 g/mol. The van der Waals surface area contributed by atoms with E-state index in [9.17, 15) is 14.4 Å². The molecule has 0 aromatic heterocycles. The van der Waals surface area contributed by atoms with E-state index in [0.29, 0.717) is 11.3 Å². The summed E-state index contributed by atoms with van der Waals surface area (Å²) >= 11 is 0. The molecule has 1 aliphatic carbocycles. The minimum absolute atomic E-state index is 0.227. The Morgan fingerprint density at radius 1 is 1.04 bits per heavy atom. The summed E-state index contributed by atoms with van der Waals surface area (Å²) < 4.78 is 5.30. The molecule has 2 aromatic rings. The van der Waals surface area contributed by atoms with Gasteiger partial charge in [0.05, 0.1) is 5.56 Å². The van der Waals surface area contributed by atoms with Crippen molar-refractivity contribution in [2.45, 2.75) is 32.3 Å². The second-order valence-corrected chi connectivity index (χ2v) is 6.32. The summed E-state index contributed by atoms with van der Waals surface area (Å²) in [5, 5.41) is 2.39. The molecule has 26 heavy (non-hydrogen) atoms. The zero-order valence-corrected chi connectivity index (χ0v) is 14.5. The molecule has 3 N–H and O–H groups in total. The lowest BCUT2D eigenvalue weighted by atomic mass is 10.0. The van der Waals surface area contributed by atoms with E-state index in [-0.39, 0.29) is 11.3 Å². The highest BCUT2D eigenvalue weighted by molar-refractivity contribution is 6.02. The number of nitrogens with one attached hydrogen (secondary N) is 1. The van der Waals surface area contributed by atoms with Gasteiger partial charge in [-0.2, -0.15) is 0 Å². The Morgan fingerprint density at radius 2 is 1.81 bits per heavy atom. The SMILES string of the molecule is C[C@H](OC(=O)c1cccc(NC(N)=O)c1)C(=O)c1ccc2c(c1)CCC2. The number of primary amides is 1. The first-order valence-electron chi connectivity index (χ1n) is 8.47. The van der Waals surface area contributed by atoms with E-state index in [0.717, 1.165) is 19.3 Å². The van der Waals surface area contributed by atoms with Crippen LogP contribution in [0, 0.1) is 0 Å². The molecule has 0 saturated carbocycles. The number of ketones is 1. The molecular formula is C20H20N2O4. The number of hydrogen-bond donors (Lipinski definition) is 2. The van der Waals surface area contributed by atoms with E-state index < -0.39 is 18.1 Å². The number of anilines is 1. The third-order valence-electron chi connectivity index (χ3n) is 4.40. The van der Waals surface area contributed by atoms with Gasteiger partial charge in [0.15, 0.2) is 6.10 Å². The molecule has 0 unspecified atom stereocenters. The highest BCUT2D eigenvalue weighted by atomic mass is 16.5. The van der Waals surface area contributed by atoms with E-state index in [1.54, 1.807) is 31.2 Å². The molecule has 2 amide bonds. The summed E-state index contributed by atoms with van der Waals surface area (Å²) in [6.07, 6.45) is 2.22. The Hall–Kier alpha value is -3.15. The van der Waals surface area contributed by atoms with E-state index in [1.807, 2.05) is 12.1 Å². The van der Waals surface area contributed by atoms with Gasteiger partial charge in [-0.25, -0.2) is 9.59 Å². The zero-order valence-electron chi connectivity index (χ0n) is 14.5. The van der Waals surface area contributed by atoms with E-state index in [1.165, 1.54) is 17.2 Å². The molecule has 2 aromatic carbocycles. The number of nitrogens with two attached hydrogens (primary N) is 1. The highest BCUT2D eigenvalue weighted by Gasteiger charge is 2.22. The fourth-order valence-electron chi connectivity index (χ4n) is 3.11. The molecule has 0 fully saturated rings. The van der Waals surface area contributed by atoms with Crippen molar-refractivity contribution >= 4 is 23.5 Å². The van der Waals surface area contributed by atoms with Crippen LogP contribution < -0.4 is 11.1 Å². The van der Waals surface area contributed by atoms with E-state index in [4.69, 9.17) is 10.5 Å². The van der Waals surface area contributed by atoms with E-state index in [2.05, 4.69) is 5.32 Å². The Morgan fingerprint density at radius 3 is 2.58 bits per heavy atom. The normalized spacial score (nSPS) is 13.6. The van der Waals surface area contributed by atoms with Gasteiger partial charge >= 0.3 is 12.0 Å². The van der Waals surface area contributed by atoms with Crippen molar-refractivity contribution < 1.29 is 19.1 Å². The lowest BCUT2D eigenvalue weighted by Gasteiger charge is -2.13. The smallest absolute Gasteiger partial charge is 0.338 e. The number of amides is 2. The maximum atomic E-state index is 12.6. The molecule has 3 rings (SSSR count). The molecule has 134 valence electrons. The van der Waals surface area contributed by atoms with Crippen molar-refractivity contribution in [1.82, 2.24) is 0 Å². The van der Waals surface area contributed by atoms with Crippen molar-refractivity contribution in [3.63, 3.8) is 0 Å². The second-order valence-electron chi connectivity index (χ2n) is 6.32. The van der Waals surface area contributed by atoms with Gasteiger partial charge in [-0.05, 0) is 61.6 Å². The van der Waals surface area contributed by atoms with Crippen LogP contribution in [0.5, 0.6) is 0 Å². The van der Waals surface area contributed by atoms with Crippen LogP contribution in [0.25, 0.3) is 0 Å². The van der Waals surface area contributed by atoms with Gasteiger partial charge in [0.1, 0.15) is 0 Å². The minimum Gasteiger partial charge on any atom is -0.451 e. The largest absolute Gasteiger partial charge is 0.451 e. The Bertz CT molecular complexity index is 876. The van der Waals surface area contributed by atoms with E-state index >= 15 is 0 Å². The fraction of sp³-hybridized carbons (Fsp3) is 0.250. The summed E-state index contributed by atoms with van der Waals surface area (Å²) in [5.74, 6) is -0.875. The van der Waals surface area contributed by atoms with Crippen LogP contribution in [0.1, 0.15) is 45.2 Å². The maximum absolute atomic E-state index is 12.6. The predicted molar refractivity (Wildman–Crippen MR) is 97.3 cm³/mol. The minimum atomic E-state index is -0.908. The monoisotopic (exact) mass is 352 g/mol. The number of hydrogen-bond acceptors (Lipinski definition) is 4. The van der Waals surface area contributed by atoms with Crippen LogP contribution in [0.3, 0.4) is 0 Å². The van der Waals surface area contributed by atoms with Gasteiger partial charge in [-0.1, -0.05) is 18.2 Å². The number of carbonyl (C=O) groups is 3. The van der Waals surface area contributed by atoms with Gasteiger partial charge in [0, 0.05) is 11.3 Å². The molecule has 0 radical (unpaired) electrons. The molecular weight excluding hydrogens is 332 g/mol. The van der Waals surface area contributed by atoms with Crippen molar-refractivity contribution in [2.75, 3.05) is 5.32 Å². The molecule has 0 heterocycles. The second kappa shape index (κ2) is 7.39. The molecule has 1 atom stereocenters. The van der Waals surface area contributed by atoms with Crippen LogP contribution in [-0.2, 0) is 17.6 Å². The zero-order chi connectivity index (χ0) is 18.7. The molecule has 0 aliphatic heterocycles. The van der Waals surface area contributed by atoms with Gasteiger partial charge in [-0.15, -0.1) is 0 Å². The van der Waals surface area contributed by atoms with Crippen LogP contribution in [0.2, 0.25) is 0 Å². The molecule has 0 saturated heterocycles. The number of esters is 1. The van der Waals surface area contributed by atoms with Gasteiger partial charge in [0.25, 0.3) is 0 Å².